The van der Waals surface area contributed by atoms with Crippen LogP contribution in [0.5, 0.6) is 0 Å². The lowest BCUT2D eigenvalue weighted by Crippen LogP contribution is -2.36. The number of hydrogen-bond donors (Lipinski definition) is 1. The summed E-state index contributed by atoms with van der Waals surface area (Å²) in [6.07, 6.45) is 1.23. The minimum absolute atomic E-state index is 0.0243. The summed E-state index contributed by atoms with van der Waals surface area (Å²) in [6, 6.07) is 13.8. The van der Waals surface area contributed by atoms with Crippen molar-refractivity contribution in [1.29, 1.82) is 0 Å². The maximum absolute atomic E-state index is 15.0. The highest BCUT2D eigenvalue weighted by Crippen LogP contribution is 2.46. The van der Waals surface area contributed by atoms with Crippen LogP contribution in [-0.2, 0) is 14.3 Å². The first kappa shape index (κ1) is 23.2. The van der Waals surface area contributed by atoms with Crippen molar-refractivity contribution in [2.24, 2.45) is 0 Å². The molecule has 2 aliphatic rings. The van der Waals surface area contributed by atoms with Crippen LogP contribution in [-0.4, -0.2) is 17.9 Å². The number of ether oxygens (including phenoxy) is 1. The Morgan fingerprint density at radius 2 is 1.88 bits per heavy atom. The fraction of sp³-hybridized carbons (Fsp3) is 0.333. The van der Waals surface area contributed by atoms with Crippen molar-refractivity contribution in [2.75, 3.05) is 0 Å². The topological polar surface area (TPSA) is 55.4 Å². The van der Waals surface area contributed by atoms with Crippen molar-refractivity contribution in [2.45, 2.75) is 58.0 Å². The molecule has 3 atom stereocenters. The molecule has 33 heavy (non-hydrogen) atoms. The average molecular weight is 468 g/mol. The first-order valence-corrected chi connectivity index (χ1v) is 11.6. The first-order valence-electron chi connectivity index (χ1n) is 11.2. The Bertz CT molecular complexity index is 1150. The van der Waals surface area contributed by atoms with E-state index in [1.165, 1.54) is 6.07 Å². The van der Waals surface area contributed by atoms with Gasteiger partial charge in [-0.1, -0.05) is 48.9 Å². The van der Waals surface area contributed by atoms with E-state index in [4.69, 9.17) is 16.3 Å². The van der Waals surface area contributed by atoms with E-state index in [9.17, 15) is 14.0 Å². The highest BCUT2D eigenvalue weighted by atomic mass is 35.5. The molecule has 0 fully saturated rings. The van der Waals surface area contributed by atoms with Crippen LogP contribution in [0.25, 0.3) is 0 Å². The number of Topliss-reactive ketones (excluding diaryl/α,β-unsaturated/α-hetero) is 1. The Labute approximate surface area is 198 Å². The van der Waals surface area contributed by atoms with Gasteiger partial charge in [-0.25, -0.2) is 9.18 Å². The van der Waals surface area contributed by atoms with E-state index in [-0.39, 0.29) is 29.8 Å². The summed E-state index contributed by atoms with van der Waals surface area (Å²) in [4.78, 5) is 26.7. The number of benzene rings is 2. The van der Waals surface area contributed by atoms with Crippen molar-refractivity contribution in [3.8, 4) is 0 Å². The predicted octanol–water partition coefficient (Wildman–Crippen LogP) is 6.18. The SMILES string of the molecule is CCC(C)OC(=O)C1=C(C)NC2=C(C(=O)CC(c3ccc(Cl)cc3)C2)C1c1ccccc1F. The van der Waals surface area contributed by atoms with Crippen LogP contribution in [0.15, 0.2) is 71.1 Å². The van der Waals surface area contributed by atoms with E-state index in [0.717, 1.165) is 11.3 Å². The van der Waals surface area contributed by atoms with Crippen molar-refractivity contribution < 1.29 is 18.7 Å². The lowest BCUT2D eigenvalue weighted by molar-refractivity contribution is -0.144. The molecule has 0 spiro atoms. The summed E-state index contributed by atoms with van der Waals surface area (Å²) in [5.41, 5.74) is 3.38. The summed E-state index contributed by atoms with van der Waals surface area (Å²) < 4.78 is 20.6. The van der Waals surface area contributed by atoms with E-state index in [1.54, 1.807) is 25.1 Å². The molecular weight excluding hydrogens is 441 g/mol. The van der Waals surface area contributed by atoms with Crippen LogP contribution in [0, 0.1) is 5.82 Å². The molecule has 1 N–H and O–H groups in total. The number of hydrogen-bond acceptors (Lipinski definition) is 4. The molecule has 172 valence electrons. The number of ketones is 1. The number of allylic oxidation sites excluding steroid dienone is 3. The smallest absolute Gasteiger partial charge is 0.337 e. The molecule has 1 heterocycles. The van der Waals surface area contributed by atoms with Crippen LogP contribution in [0.1, 0.15) is 63.0 Å². The number of carbonyl (C=O) groups excluding carboxylic acids is 2. The van der Waals surface area contributed by atoms with Gasteiger partial charge in [0.1, 0.15) is 5.82 Å². The number of dihydropyridines is 1. The first-order chi connectivity index (χ1) is 15.8. The zero-order valence-electron chi connectivity index (χ0n) is 19.0. The Morgan fingerprint density at radius 1 is 1.18 bits per heavy atom. The largest absolute Gasteiger partial charge is 0.459 e. The summed E-state index contributed by atoms with van der Waals surface area (Å²) in [5.74, 6) is -1.91. The van der Waals surface area contributed by atoms with Crippen molar-refractivity contribution in [3.63, 3.8) is 0 Å². The summed E-state index contributed by atoms with van der Waals surface area (Å²) >= 11 is 6.03. The van der Waals surface area contributed by atoms with E-state index in [0.29, 0.717) is 34.7 Å². The van der Waals surface area contributed by atoms with E-state index < -0.39 is 17.7 Å². The minimum atomic E-state index is -0.808. The molecule has 0 saturated carbocycles. The van der Waals surface area contributed by atoms with Crippen LogP contribution in [0.2, 0.25) is 5.02 Å². The molecule has 4 rings (SSSR count). The molecule has 3 unspecified atom stereocenters. The fourth-order valence-corrected chi connectivity index (χ4v) is 4.76. The highest BCUT2D eigenvalue weighted by molar-refractivity contribution is 6.30. The highest BCUT2D eigenvalue weighted by Gasteiger charge is 2.42. The molecule has 1 aliphatic carbocycles. The van der Waals surface area contributed by atoms with E-state index >= 15 is 0 Å². The van der Waals surface area contributed by atoms with E-state index in [2.05, 4.69) is 5.32 Å². The molecule has 0 bridgehead atoms. The zero-order valence-corrected chi connectivity index (χ0v) is 19.7. The summed E-state index contributed by atoms with van der Waals surface area (Å²) in [5, 5.41) is 3.93. The van der Waals surface area contributed by atoms with Gasteiger partial charge in [0.2, 0.25) is 0 Å². The molecule has 4 nitrogen and oxygen atoms in total. The third-order valence-electron chi connectivity index (χ3n) is 6.49. The fourth-order valence-electron chi connectivity index (χ4n) is 4.63. The van der Waals surface area contributed by atoms with E-state index in [1.807, 2.05) is 38.1 Å². The summed E-state index contributed by atoms with van der Waals surface area (Å²) in [6.45, 7) is 5.52. The number of nitrogens with one attached hydrogen (secondary N) is 1. The zero-order chi connectivity index (χ0) is 23.7. The van der Waals surface area contributed by atoms with Gasteiger partial charge in [0, 0.05) is 34.0 Å². The standard InChI is InChI=1S/C27H27ClFNO3/c1-4-15(2)33-27(32)24-16(3)30-22-13-18(17-9-11-19(28)12-10-17)14-23(31)26(22)25(24)20-7-5-6-8-21(20)29/h5-12,15,18,25,30H,4,13-14H2,1-3H3. The number of halogens is 2. The van der Waals surface area contributed by atoms with Gasteiger partial charge in [-0.05, 0) is 56.4 Å². The Kier molecular flexibility index (Phi) is 6.71. The van der Waals surface area contributed by atoms with Gasteiger partial charge in [0.25, 0.3) is 0 Å². The Morgan fingerprint density at radius 3 is 2.55 bits per heavy atom. The van der Waals surface area contributed by atoms with Crippen LogP contribution in [0.4, 0.5) is 4.39 Å². The second kappa shape index (κ2) is 9.52. The Hall–Kier alpha value is -2.92. The predicted molar refractivity (Wildman–Crippen MR) is 126 cm³/mol. The van der Waals surface area contributed by atoms with Crippen molar-refractivity contribution in [1.82, 2.24) is 5.32 Å². The molecule has 0 radical (unpaired) electrons. The maximum atomic E-state index is 15.0. The molecule has 2 aromatic rings. The van der Waals surface area contributed by atoms with Crippen LogP contribution in [0.3, 0.4) is 0 Å². The molecule has 6 heteroatoms. The third kappa shape index (κ3) is 4.60. The maximum Gasteiger partial charge on any atom is 0.337 e. The molecule has 0 amide bonds. The lowest BCUT2D eigenvalue weighted by Gasteiger charge is -2.37. The van der Waals surface area contributed by atoms with Gasteiger partial charge in [-0.3, -0.25) is 4.79 Å². The number of esters is 1. The quantitative estimate of drug-likeness (QED) is 0.533. The van der Waals surface area contributed by atoms with Crippen molar-refractivity contribution >= 4 is 23.4 Å². The normalized spacial score (nSPS) is 21.4. The lowest BCUT2D eigenvalue weighted by atomic mass is 9.71. The van der Waals surface area contributed by atoms with Crippen LogP contribution < -0.4 is 5.32 Å². The van der Waals surface area contributed by atoms with Crippen molar-refractivity contribution in [3.05, 3.63) is 93.0 Å². The molecule has 0 aromatic heterocycles. The Balaban J connectivity index is 1.79. The number of rotatable bonds is 5. The van der Waals surface area contributed by atoms with Gasteiger partial charge < -0.3 is 10.1 Å². The third-order valence-corrected chi connectivity index (χ3v) is 6.74. The molecule has 0 saturated heterocycles. The molecule has 1 aliphatic heterocycles. The molecular formula is C27H27ClFNO3. The van der Waals surface area contributed by atoms with Gasteiger partial charge in [0.05, 0.1) is 17.6 Å². The van der Waals surface area contributed by atoms with Gasteiger partial charge in [-0.15, -0.1) is 0 Å². The monoisotopic (exact) mass is 467 g/mol. The second-order valence-corrected chi connectivity index (χ2v) is 9.15. The van der Waals surface area contributed by atoms with Gasteiger partial charge in [0.15, 0.2) is 5.78 Å². The number of carbonyl (C=O) groups is 2. The van der Waals surface area contributed by atoms with Crippen LogP contribution >= 0.6 is 11.6 Å². The average Bonchev–Trinajstić information content (AvgIpc) is 2.78. The second-order valence-electron chi connectivity index (χ2n) is 8.71. The van der Waals surface area contributed by atoms with Gasteiger partial charge in [-0.2, -0.15) is 0 Å². The summed E-state index contributed by atoms with van der Waals surface area (Å²) in [7, 11) is 0. The molecule has 2 aromatic carbocycles. The minimum Gasteiger partial charge on any atom is -0.459 e. The van der Waals surface area contributed by atoms with Gasteiger partial charge >= 0.3 is 5.97 Å².